The van der Waals surface area contributed by atoms with Crippen molar-refractivity contribution in [3.8, 4) is 0 Å². The second kappa shape index (κ2) is 5.47. The van der Waals surface area contributed by atoms with Gasteiger partial charge in [-0.05, 0) is 36.8 Å². The van der Waals surface area contributed by atoms with E-state index in [2.05, 4.69) is 10.3 Å². The van der Waals surface area contributed by atoms with Crippen LogP contribution in [0.1, 0.15) is 15.9 Å². The lowest BCUT2D eigenvalue weighted by atomic mass is 10.2. The highest BCUT2D eigenvalue weighted by molar-refractivity contribution is 6.44. The lowest BCUT2D eigenvalue weighted by molar-refractivity contribution is 0.102. The minimum absolute atomic E-state index is 0.240. The van der Waals surface area contributed by atoms with Crippen LogP contribution in [0.15, 0.2) is 30.5 Å². The number of hydrogen-bond acceptors (Lipinski definition) is 3. The monoisotopic (exact) mass is 295 g/mol. The van der Waals surface area contributed by atoms with Crippen molar-refractivity contribution in [3.05, 3.63) is 51.6 Å². The van der Waals surface area contributed by atoms with Gasteiger partial charge < -0.3 is 11.1 Å². The minimum Gasteiger partial charge on any atom is -0.397 e. The zero-order chi connectivity index (χ0) is 14.0. The Morgan fingerprint density at radius 3 is 2.68 bits per heavy atom. The first-order valence-corrected chi connectivity index (χ1v) is 6.21. The van der Waals surface area contributed by atoms with Gasteiger partial charge in [-0.1, -0.05) is 23.2 Å². The number of rotatable bonds is 2. The van der Waals surface area contributed by atoms with E-state index in [9.17, 15) is 4.79 Å². The summed E-state index contributed by atoms with van der Waals surface area (Å²) < 4.78 is 0. The Kier molecular flexibility index (Phi) is 3.93. The molecule has 0 radical (unpaired) electrons. The number of amides is 1. The standard InChI is InChI=1S/C13H11Cl2N3O/c1-7-2-3-17-11(4-7)18-13(19)8-5-9(14)12(15)10(16)6-8/h2-6H,16H2,1H3,(H,17,18,19). The number of carbonyl (C=O) groups is 1. The Morgan fingerprint density at radius 2 is 2.05 bits per heavy atom. The van der Waals surface area contributed by atoms with E-state index in [1.807, 2.05) is 13.0 Å². The van der Waals surface area contributed by atoms with Crippen LogP contribution in [0.3, 0.4) is 0 Å². The predicted octanol–water partition coefficient (Wildman–Crippen LogP) is 3.53. The molecule has 0 saturated heterocycles. The number of nitrogens with zero attached hydrogens (tertiary/aromatic N) is 1. The van der Waals surface area contributed by atoms with E-state index in [1.165, 1.54) is 12.1 Å². The molecule has 0 saturated carbocycles. The molecule has 1 aromatic heterocycles. The van der Waals surface area contributed by atoms with Crippen molar-refractivity contribution in [1.29, 1.82) is 0 Å². The number of aryl methyl sites for hydroxylation is 1. The molecule has 0 fully saturated rings. The maximum atomic E-state index is 12.0. The molecule has 98 valence electrons. The summed E-state index contributed by atoms with van der Waals surface area (Å²) in [5.74, 6) is 0.123. The van der Waals surface area contributed by atoms with Crippen molar-refractivity contribution >= 4 is 40.6 Å². The molecule has 2 rings (SSSR count). The van der Waals surface area contributed by atoms with Gasteiger partial charge in [0.05, 0.1) is 15.7 Å². The maximum absolute atomic E-state index is 12.0. The minimum atomic E-state index is -0.344. The summed E-state index contributed by atoms with van der Waals surface area (Å²) in [6, 6.07) is 6.54. The molecule has 19 heavy (non-hydrogen) atoms. The lowest BCUT2D eigenvalue weighted by Gasteiger charge is -2.07. The average molecular weight is 296 g/mol. The van der Waals surface area contributed by atoms with Gasteiger partial charge in [-0.2, -0.15) is 0 Å². The Balaban J connectivity index is 2.25. The van der Waals surface area contributed by atoms with E-state index in [0.29, 0.717) is 11.4 Å². The SMILES string of the molecule is Cc1ccnc(NC(=O)c2cc(N)c(Cl)c(Cl)c2)c1. The summed E-state index contributed by atoms with van der Waals surface area (Å²) in [4.78, 5) is 16.1. The van der Waals surface area contributed by atoms with Gasteiger partial charge in [0.1, 0.15) is 5.82 Å². The summed E-state index contributed by atoms with van der Waals surface area (Å²) >= 11 is 11.7. The highest BCUT2D eigenvalue weighted by Crippen LogP contribution is 2.29. The molecule has 3 N–H and O–H groups in total. The Labute approximate surface area is 120 Å². The van der Waals surface area contributed by atoms with Crippen molar-refractivity contribution in [3.63, 3.8) is 0 Å². The van der Waals surface area contributed by atoms with Gasteiger partial charge >= 0.3 is 0 Å². The van der Waals surface area contributed by atoms with Crippen LogP contribution >= 0.6 is 23.2 Å². The molecular weight excluding hydrogens is 285 g/mol. The van der Waals surface area contributed by atoms with Crippen molar-refractivity contribution in [2.75, 3.05) is 11.1 Å². The fourth-order valence-electron chi connectivity index (χ4n) is 1.53. The normalized spacial score (nSPS) is 10.3. The van der Waals surface area contributed by atoms with Crippen LogP contribution in [0.5, 0.6) is 0 Å². The van der Waals surface area contributed by atoms with Gasteiger partial charge in [-0.25, -0.2) is 4.98 Å². The molecule has 1 amide bonds. The zero-order valence-electron chi connectivity index (χ0n) is 10.1. The van der Waals surface area contributed by atoms with E-state index < -0.39 is 0 Å². The van der Waals surface area contributed by atoms with Crippen LogP contribution in [0.2, 0.25) is 10.0 Å². The molecule has 2 aromatic rings. The van der Waals surface area contributed by atoms with Gasteiger partial charge in [0.15, 0.2) is 0 Å². The molecule has 1 heterocycles. The summed E-state index contributed by atoms with van der Waals surface area (Å²) in [6.07, 6.45) is 1.62. The molecule has 1 aromatic carbocycles. The fraction of sp³-hybridized carbons (Fsp3) is 0.0769. The van der Waals surface area contributed by atoms with Gasteiger partial charge in [-0.15, -0.1) is 0 Å². The molecule has 0 bridgehead atoms. The van der Waals surface area contributed by atoms with Crippen molar-refractivity contribution in [2.24, 2.45) is 0 Å². The lowest BCUT2D eigenvalue weighted by Crippen LogP contribution is -2.13. The molecule has 0 aliphatic heterocycles. The number of nitrogen functional groups attached to an aromatic ring is 1. The summed E-state index contributed by atoms with van der Waals surface area (Å²) in [7, 11) is 0. The third-order valence-corrected chi connectivity index (χ3v) is 3.29. The molecule has 0 unspecified atom stereocenters. The van der Waals surface area contributed by atoms with E-state index >= 15 is 0 Å². The third kappa shape index (κ3) is 3.16. The first-order chi connectivity index (χ1) is 8.97. The van der Waals surface area contributed by atoms with Gasteiger partial charge in [0.2, 0.25) is 0 Å². The number of aromatic nitrogens is 1. The summed E-state index contributed by atoms with van der Waals surface area (Å²) in [5.41, 5.74) is 7.25. The summed E-state index contributed by atoms with van der Waals surface area (Å²) in [6.45, 7) is 1.91. The van der Waals surface area contributed by atoms with Crippen LogP contribution in [0.25, 0.3) is 0 Å². The molecule has 4 nitrogen and oxygen atoms in total. The highest BCUT2D eigenvalue weighted by atomic mass is 35.5. The fourth-order valence-corrected chi connectivity index (χ4v) is 1.87. The molecule has 0 atom stereocenters. The second-order valence-electron chi connectivity index (χ2n) is 4.03. The maximum Gasteiger partial charge on any atom is 0.256 e. The Bertz CT molecular complexity index is 621. The highest BCUT2D eigenvalue weighted by Gasteiger charge is 2.12. The number of nitrogens with two attached hydrogens (primary N) is 1. The quantitative estimate of drug-likeness (QED) is 0.833. The molecular formula is C13H11Cl2N3O. The summed E-state index contributed by atoms with van der Waals surface area (Å²) in [5, 5.41) is 3.15. The van der Waals surface area contributed by atoms with Crippen LogP contribution in [0, 0.1) is 6.92 Å². The van der Waals surface area contributed by atoms with E-state index in [1.54, 1.807) is 12.3 Å². The number of pyridine rings is 1. The van der Waals surface area contributed by atoms with Crippen molar-refractivity contribution in [1.82, 2.24) is 4.98 Å². The Hall–Kier alpha value is -1.78. The number of hydrogen-bond donors (Lipinski definition) is 2. The molecule has 0 aliphatic rings. The van der Waals surface area contributed by atoms with E-state index in [-0.39, 0.29) is 21.6 Å². The van der Waals surface area contributed by atoms with Crippen LogP contribution in [0.4, 0.5) is 11.5 Å². The first-order valence-electron chi connectivity index (χ1n) is 5.46. The number of benzene rings is 1. The predicted molar refractivity (Wildman–Crippen MR) is 77.8 cm³/mol. The number of anilines is 2. The number of carbonyl (C=O) groups excluding carboxylic acids is 1. The second-order valence-corrected chi connectivity index (χ2v) is 4.82. The average Bonchev–Trinajstić information content (AvgIpc) is 2.35. The van der Waals surface area contributed by atoms with Crippen LogP contribution < -0.4 is 11.1 Å². The van der Waals surface area contributed by atoms with Crippen LogP contribution in [-0.2, 0) is 0 Å². The van der Waals surface area contributed by atoms with E-state index in [0.717, 1.165) is 5.56 Å². The molecule has 6 heteroatoms. The number of halogens is 2. The molecule has 0 spiro atoms. The topological polar surface area (TPSA) is 68.0 Å². The van der Waals surface area contributed by atoms with Gasteiger partial charge in [-0.3, -0.25) is 4.79 Å². The first kappa shape index (κ1) is 13.6. The third-order valence-electron chi connectivity index (χ3n) is 2.48. The zero-order valence-corrected chi connectivity index (χ0v) is 11.6. The smallest absolute Gasteiger partial charge is 0.256 e. The largest absolute Gasteiger partial charge is 0.397 e. The van der Waals surface area contributed by atoms with Gasteiger partial charge in [0, 0.05) is 11.8 Å². The Morgan fingerprint density at radius 1 is 1.32 bits per heavy atom. The number of nitrogens with one attached hydrogen (secondary N) is 1. The van der Waals surface area contributed by atoms with Crippen LogP contribution in [-0.4, -0.2) is 10.9 Å². The van der Waals surface area contributed by atoms with E-state index in [4.69, 9.17) is 28.9 Å². The molecule has 0 aliphatic carbocycles. The van der Waals surface area contributed by atoms with Crippen molar-refractivity contribution in [2.45, 2.75) is 6.92 Å². The van der Waals surface area contributed by atoms with Gasteiger partial charge in [0.25, 0.3) is 5.91 Å². The van der Waals surface area contributed by atoms with Crippen molar-refractivity contribution < 1.29 is 4.79 Å².